The lowest BCUT2D eigenvalue weighted by Crippen LogP contribution is -2.06. The quantitative estimate of drug-likeness (QED) is 0.720. The summed E-state index contributed by atoms with van der Waals surface area (Å²) in [6.07, 6.45) is 2.69. The highest BCUT2D eigenvalue weighted by Crippen LogP contribution is 2.17. The fraction of sp³-hybridized carbons (Fsp3) is 0.462. The van der Waals surface area contributed by atoms with Gasteiger partial charge in [0.1, 0.15) is 0 Å². The lowest BCUT2D eigenvalue weighted by Gasteiger charge is -2.09. The van der Waals surface area contributed by atoms with Crippen molar-refractivity contribution in [3.8, 4) is 0 Å². The second kappa shape index (κ2) is 6.23. The SMILES string of the molecule is CCCCC(=O)c1ccccc1NCC. The van der Waals surface area contributed by atoms with Crippen molar-refractivity contribution in [3.63, 3.8) is 0 Å². The molecule has 0 saturated carbocycles. The Balaban J connectivity index is 2.77. The summed E-state index contributed by atoms with van der Waals surface area (Å²) in [5.74, 6) is 0.244. The molecule has 0 amide bonds. The van der Waals surface area contributed by atoms with Crippen LogP contribution in [0.5, 0.6) is 0 Å². The van der Waals surface area contributed by atoms with Gasteiger partial charge in [0.2, 0.25) is 0 Å². The van der Waals surface area contributed by atoms with Crippen LogP contribution < -0.4 is 5.32 Å². The minimum atomic E-state index is 0.244. The molecule has 1 rings (SSSR count). The average molecular weight is 205 g/mol. The molecule has 2 nitrogen and oxygen atoms in total. The molecule has 1 N–H and O–H groups in total. The van der Waals surface area contributed by atoms with E-state index in [0.29, 0.717) is 6.42 Å². The van der Waals surface area contributed by atoms with Crippen LogP contribution in [0.25, 0.3) is 0 Å². The van der Waals surface area contributed by atoms with Crippen LogP contribution in [0, 0.1) is 0 Å². The summed E-state index contributed by atoms with van der Waals surface area (Å²) in [6.45, 7) is 4.98. The lowest BCUT2D eigenvalue weighted by atomic mass is 10.0. The van der Waals surface area contributed by atoms with Crippen molar-refractivity contribution < 1.29 is 4.79 Å². The summed E-state index contributed by atoms with van der Waals surface area (Å²) in [5.41, 5.74) is 1.79. The molecule has 0 saturated heterocycles. The highest BCUT2D eigenvalue weighted by atomic mass is 16.1. The predicted molar refractivity (Wildman–Crippen MR) is 64.5 cm³/mol. The van der Waals surface area contributed by atoms with Crippen LogP contribution in [0.1, 0.15) is 43.5 Å². The Labute approximate surface area is 91.7 Å². The van der Waals surface area contributed by atoms with E-state index < -0.39 is 0 Å². The van der Waals surface area contributed by atoms with E-state index in [2.05, 4.69) is 12.2 Å². The van der Waals surface area contributed by atoms with E-state index >= 15 is 0 Å². The first-order chi connectivity index (χ1) is 7.29. The lowest BCUT2D eigenvalue weighted by molar-refractivity contribution is 0.0980. The first kappa shape index (κ1) is 11.8. The Hall–Kier alpha value is -1.31. The molecule has 1 aromatic rings. The van der Waals surface area contributed by atoms with Gasteiger partial charge in [-0.3, -0.25) is 4.79 Å². The molecule has 0 atom stereocenters. The molecule has 0 aliphatic heterocycles. The molecular weight excluding hydrogens is 186 g/mol. The molecule has 1 aromatic carbocycles. The molecule has 0 unspecified atom stereocenters. The van der Waals surface area contributed by atoms with Crippen molar-refractivity contribution in [2.45, 2.75) is 33.1 Å². The van der Waals surface area contributed by atoms with E-state index in [0.717, 1.165) is 30.6 Å². The first-order valence-corrected chi connectivity index (χ1v) is 5.65. The number of carbonyl (C=O) groups excluding carboxylic acids is 1. The van der Waals surface area contributed by atoms with Gasteiger partial charge in [0, 0.05) is 24.2 Å². The summed E-state index contributed by atoms with van der Waals surface area (Å²) in [4.78, 5) is 11.9. The topological polar surface area (TPSA) is 29.1 Å². The van der Waals surface area contributed by atoms with E-state index in [4.69, 9.17) is 0 Å². The Bertz CT molecular complexity index is 320. The second-order valence-corrected chi connectivity index (χ2v) is 3.60. The van der Waals surface area contributed by atoms with E-state index in [1.165, 1.54) is 0 Å². The Morgan fingerprint density at radius 2 is 2.00 bits per heavy atom. The fourth-order valence-electron chi connectivity index (χ4n) is 1.54. The monoisotopic (exact) mass is 205 g/mol. The number of carbonyl (C=O) groups is 1. The first-order valence-electron chi connectivity index (χ1n) is 5.65. The molecule has 0 heterocycles. The van der Waals surface area contributed by atoms with Crippen LogP contribution in [0.3, 0.4) is 0 Å². The highest BCUT2D eigenvalue weighted by molar-refractivity contribution is 6.01. The van der Waals surface area contributed by atoms with E-state index in [-0.39, 0.29) is 5.78 Å². The number of para-hydroxylation sites is 1. The molecule has 0 spiro atoms. The number of unbranched alkanes of at least 4 members (excludes halogenated alkanes) is 1. The average Bonchev–Trinajstić information content (AvgIpc) is 2.27. The summed E-state index contributed by atoms with van der Waals surface area (Å²) in [7, 11) is 0. The highest BCUT2D eigenvalue weighted by Gasteiger charge is 2.09. The number of benzene rings is 1. The fourth-order valence-corrected chi connectivity index (χ4v) is 1.54. The van der Waals surface area contributed by atoms with Crippen molar-refractivity contribution in [2.75, 3.05) is 11.9 Å². The third kappa shape index (κ3) is 3.39. The maximum Gasteiger partial charge on any atom is 0.164 e. The summed E-state index contributed by atoms with van der Waals surface area (Å²) in [5, 5.41) is 3.21. The maximum absolute atomic E-state index is 11.9. The van der Waals surface area contributed by atoms with Gasteiger partial charge in [0.15, 0.2) is 5.78 Å². The van der Waals surface area contributed by atoms with E-state index in [1.807, 2.05) is 31.2 Å². The number of nitrogens with one attached hydrogen (secondary N) is 1. The normalized spacial score (nSPS) is 10.0. The number of rotatable bonds is 6. The summed E-state index contributed by atoms with van der Waals surface area (Å²) in [6, 6.07) is 7.73. The van der Waals surface area contributed by atoms with Gasteiger partial charge in [-0.1, -0.05) is 25.5 Å². The van der Waals surface area contributed by atoms with Crippen LogP contribution in [-0.4, -0.2) is 12.3 Å². The standard InChI is InChI=1S/C13H19NO/c1-3-5-10-13(15)11-8-6-7-9-12(11)14-4-2/h6-9,14H,3-5,10H2,1-2H3. The minimum Gasteiger partial charge on any atom is -0.385 e. The van der Waals surface area contributed by atoms with Crippen molar-refractivity contribution in [1.82, 2.24) is 0 Å². The molecule has 0 bridgehead atoms. The van der Waals surface area contributed by atoms with Crippen molar-refractivity contribution in [1.29, 1.82) is 0 Å². The van der Waals surface area contributed by atoms with Crippen molar-refractivity contribution >= 4 is 11.5 Å². The van der Waals surface area contributed by atoms with Crippen LogP contribution in [0.4, 0.5) is 5.69 Å². The van der Waals surface area contributed by atoms with Gasteiger partial charge in [-0.15, -0.1) is 0 Å². The molecule has 82 valence electrons. The summed E-state index contributed by atoms with van der Waals surface area (Å²) >= 11 is 0. The van der Waals surface area contributed by atoms with Gasteiger partial charge < -0.3 is 5.32 Å². The molecule has 2 heteroatoms. The predicted octanol–water partition coefficient (Wildman–Crippen LogP) is 3.49. The zero-order valence-electron chi connectivity index (χ0n) is 9.55. The van der Waals surface area contributed by atoms with Crippen LogP contribution in [-0.2, 0) is 0 Å². The Morgan fingerprint density at radius 1 is 1.27 bits per heavy atom. The second-order valence-electron chi connectivity index (χ2n) is 3.60. The number of Topliss-reactive ketones (excluding diaryl/α,β-unsaturated/α-hetero) is 1. The van der Waals surface area contributed by atoms with Gasteiger partial charge in [0.25, 0.3) is 0 Å². The Morgan fingerprint density at radius 3 is 2.67 bits per heavy atom. The van der Waals surface area contributed by atoms with Crippen LogP contribution in [0.2, 0.25) is 0 Å². The third-order valence-electron chi connectivity index (χ3n) is 2.35. The number of anilines is 1. The van der Waals surface area contributed by atoms with Crippen molar-refractivity contribution in [2.24, 2.45) is 0 Å². The smallest absolute Gasteiger partial charge is 0.164 e. The molecule has 15 heavy (non-hydrogen) atoms. The van der Waals surface area contributed by atoms with E-state index in [9.17, 15) is 4.79 Å². The molecule has 0 aromatic heterocycles. The van der Waals surface area contributed by atoms with Crippen LogP contribution >= 0.6 is 0 Å². The zero-order chi connectivity index (χ0) is 11.1. The van der Waals surface area contributed by atoms with Gasteiger partial charge in [-0.05, 0) is 25.5 Å². The Kier molecular flexibility index (Phi) is 4.88. The van der Waals surface area contributed by atoms with Gasteiger partial charge >= 0.3 is 0 Å². The summed E-state index contributed by atoms with van der Waals surface area (Å²) < 4.78 is 0. The van der Waals surface area contributed by atoms with Crippen molar-refractivity contribution in [3.05, 3.63) is 29.8 Å². The zero-order valence-corrected chi connectivity index (χ0v) is 9.55. The minimum absolute atomic E-state index is 0.244. The molecule has 0 fully saturated rings. The maximum atomic E-state index is 11.9. The number of hydrogen-bond acceptors (Lipinski definition) is 2. The van der Waals surface area contributed by atoms with Gasteiger partial charge in [-0.25, -0.2) is 0 Å². The largest absolute Gasteiger partial charge is 0.385 e. The molecule has 0 aliphatic carbocycles. The molecular formula is C13H19NO. The number of hydrogen-bond donors (Lipinski definition) is 1. The van der Waals surface area contributed by atoms with E-state index in [1.54, 1.807) is 0 Å². The third-order valence-corrected chi connectivity index (χ3v) is 2.35. The van der Waals surface area contributed by atoms with Gasteiger partial charge in [-0.2, -0.15) is 0 Å². The number of ketones is 1. The van der Waals surface area contributed by atoms with Gasteiger partial charge in [0.05, 0.1) is 0 Å². The molecule has 0 radical (unpaired) electrons. The van der Waals surface area contributed by atoms with Crippen LogP contribution in [0.15, 0.2) is 24.3 Å². The molecule has 0 aliphatic rings.